The number of rotatable bonds is 5. The number of nitrogens with one attached hydrogen (secondary N) is 2. The number of nitrogens with two attached hydrogens (primary N) is 1. The maximum absolute atomic E-state index is 12.0. The van der Waals surface area contributed by atoms with Gasteiger partial charge in [0.2, 0.25) is 0 Å². The average Bonchev–Trinajstić information content (AvgIpc) is 2.52. The van der Waals surface area contributed by atoms with Crippen LogP contribution in [0.15, 0.2) is 0 Å². The molecule has 0 aromatic heterocycles. The van der Waals surface area contributed by atoms with Crippen molar-refractivity contribution in [1.29, 1.82) is 0 Å². The maximum Gasteiger partial charge on any atom is 0.402 e. The summed E-state index contributed by atoms with van der Waals surface area (Å²) in [5.41, 5.74) is 4.79. The van der Waals surface area contributed by atoms with Crippen molar-refractivity contribution in [2.45, 2.75) is 50.2 Å². The van der Waals surface area contributed by atoms with Gasteiger partial charge in [-0.2, -0.15) is 31.0 Å². The fourth-order valence-corrected chi connectivity index (χ4v) is 3.53. The second-order valence-electron chi connectivity index (χ2n) is 4.94. The third-order valence-corrected chi connectivity index (χ3v) is 4.49. The van der Waals surface area contributed by atoms with Crippen molar-refractivity contribution >= 4 is 10.2 Å². The fourth-order valence-electron chi connectivity index (χ4n) is 2.25. The predicted molar refractivity (Wildman–Crippen MR) is 65.6 cm³/mol. The number of alkyl halides is 3. The lowest BCUT2D eigenvalue weighted by atomic mass is 9.92. The van der Waals surface area contributed by atoms with Gasteiger partial charge in [-0.1, -0.05) is 25.7 Å². The summed E-state index contributed by atoms with van der Waals surface area (Å²) < 4.78 is 63.2. The molecule has 0 amide bonds. The number of hydrogen-bond donors (Lipinski definition) is 3. The lowest BCUT2D eigenvalue weighted by Gasteiger charge is -2.32. The molecule has 0 aromatic carbocycles. The molecule has 0 radical (unpaired) electrons. The van der Waals surface area contributed by atoms with Gasteiger partial charge in [0.25, 0.3) is 10.2 Å². The van der Waals surface area contributed by atoms with Crippen molar-refractivity contribution in [1.82, 2.24) is 9.44 Å². The van der Waals surface area contributed by atoms with Crippen molar-refractivity contribution in [3.05, 3.63) is 0 Å². The standard InChI is InChI=1S/C10H20F3N3O2S/c11-10(12,13)8-15-19(17,18)16-9(7-14)5-3-1-2-4-6-9/h15-16H,1-8,14H2. The smallest absolute Gasteiger partial charge is 0.329 e. The van der Waals surface area contributed by atoms with E-state index < -0.39 is 28.5 Å². The Morgan fingerprint density at radius 3 is 2.05 bits per heavy atom. The molecule has 0 aromatic rings. The van der Waals surface area contributed by atoms with E-state index in [2.05, 4.69) is 4.72 Å². The minimum atomic E-state index is -4.58. The summed E-state index contributed by atoms with van der Waals surface area (Å²) in [6.07, 6.45) is 0.137. The highest BCUT2D eigenvalue weighted by Crippen LogP contribution is 2.26. The van der Waals surface area contributed by atoms with Crippen LogP contribution in [0.1, 0.15) is 38.5 Å². The van der Waals surface area contributed by atoms with Crippen molar-refractivity contribution in [2.24, 2.45) is 5.73 Å². The Bertz CT molecular complexity index is 376. The van der Waals surface area contributed by atoms with Crippen LogP contribution in [0.3, 0.4) is 0 Å². The molecule has 0 heterocycles. The second kappa shape index (κ2) is 6.38. The molecule has 0 unspecified atom stereocenters. The molecule has 0 spiro atoms. The van der Waals surface area contributed by atoms with Crippen LogP contribution in [0, 0.1) is 0 Å². The summed E-state index contributed by atoms with van der Waals surface area (Å²) in [4.78, 5) is 0. The molecule has 19 heavy (non-hydrogen) atoms. The molecule has 1 saturated carbocycles. The molecule has 1 rings (SSSR count). The molecule has 9 heteroatoms. The summed E-state index contributed by atoms with van der Waals surface area (Å²) in [6, 6.07) is 0. The van der Waals surface area contributed by atoms with Gasteiger partial charge in [-0.05, 0) is 12.8 Å². The van der Waals surface area contributed by atoms with Gasteiger partial charge in [-0.25, -0.2) is 0 Å². The first-order valence-electron chi connectivity index (χ1n) is 6.23. The van der Waals surface area contributed by atoms with E-state index in [1.165, 1.54) is 4.72 Å². The molecule has 1 fully saturated rings. The minimum absolute atomic E-state index is 0.0833. The number of hydrogen-bond acceptors (Lipinski definition) is 3. The topological polar surface area (TPSA) is 84.2 Å². The first kappa shape index (κ1) is 16.7. The lowest BCUT2D eigenvalue weighted by Crippen LogP contribution is -2.57. The SMILES string of the molecule is NCC1(NS(=O)(=O)NCC(F)(F)F)CCCCCC1. The van der Waals surface area contributed by atoms with Gasteiger partial charge < -0.3 is 5.73 Å². The molecule has 0 saturated heterocycles. The summed E-state index contributed by atoms with van der Waals surface area (Å²) in [5.74, 6) is 0. The molecule has 5 nitrogen and oxygen atoms in total. The van der Waals surface area contributed by atoms with Crippen LogP contribution < -0.4 is 15.2 Å². The predicted octanol–water partition coefficient (Wildman–Crippen LogP) is 1.02. The zero-order valence-corrected chi connectivity index (χ0v) is 11.4. The fraction of sp³-hybridized carbons (Fsp3) is 1.00. The normalized spacial score (nSPS) is 21.1. The highest BCUT2D eigenvalue weighted by molar-refractivity contribution is 7.87. The monoisotopic (exact) mass is 303 g/mol. The van der Waals surface area contributed by atoms with E-state index in [9.17, 15) is 21.6 Å². The van der Waals surface area contributed by atoms with Gasteiger partial charge in [-0.15, -0.1) is 0 Å². The van der Waals surface area contributed by atoms with E-state index >= 15 is 0 Å². The van der Waals surface area contributed by atoms with Crippen molar-refractivity contribution < 1.29 is 21.6 Å². The summed E-state index contributed by atoms with van der Waals surface area (Å²) in [6.45, 7) is -1.50. The van der Waals surface area contributed by atoms with Crippen LogP contribution in [-0.2, 0) is 10.2 Å². The van der Waals surface area contributed by atoms with E-state index in [1.807, 2.05) is 0 Å². The van der Waals surface area contributed by atoms with Gasteiger partial charge in [0, 0.05) is 12.1 Å². The highest BCUT2D eigenvalue weighted by Gasteiger charge is 2.36. The van der Waals surface area contributed by atoms with E-state index in [4.69, 9.17) is 5.73 Å². The molecule has 114 valence electrons. The van der Waals surface area contributed by atoms with Crippen LogP contribution in [0.2, 0.25) is 0 Å². The molecule has 0 aliphatic heterocycles. The first-order chi connectivity index (χ1) is 8.68. The third kappa shape index (κ3) is 6.07. The van der Waals surface area contributed by atoms with Crippen LogP contribution in [-0.4, -0.2) is 33.2 Å². The van der Waals surface area contributed by atoms with E-state index in [0.717, 1.165) is 25.7 Å². The van der Waals surface area contributed by atoms with Crippen molar-refractivity contribution in [3.63, 3.8) is 0 Å². The molecule has 1 aliphatic rings. The molecule has 0 atom stereocenters. The molecule has 1 aliphatic carbocycles. The Morgan fingerprint density at radius 1 is 1.11 bits per heavy atom. The van der Waals surface area contributed by atoms with Crippen LogP contribution in [0.25, 0.3) is 0 Å². The van der Waals surface area contributed by atoms with Gasteiger partial charge in [0.15, 0.2) is 0 Å². The molecular weight excluding hydrogens is 283 g/mol. The molecular formula is C10H20F3N3O2S. The highest BCUT2D eigenvalue weighted by atomic mass is 32.2. The molecule has 0 bridgehead atoms. The van der Waals surface area contributed by atoms with E-state index in [1.54, 1.807) is 0 Å². The Balaban J connectivity index is 2.67. The maximum atomic E-state index is 12.0. The third-order valence-electron chi connectivity index (χ3n) is 3.26. The zero-order valence-electron chi connectivity index (χ0n) is 10.6. The van der Waals surface area contributed by atoms with Gasteiger partial charge >= 0.3 is 6.18 Å². The van der Waals surface area contributed by atoms with E-state index in [-0.39, 0.29) is 6.54 Å². The largest absolute Gasteiger partial charge is 0.402 e. The van der Waals surface area contributed by atoms with E-state index in [0.29, 0.717) is 12.8 Å². The Hall–Kier alpha value is -0.380. The Kier molecular flexibility index (Phi) is 5.60. The van der Waals surface area contributed by atoms with Gasteiger partial charge in [0.05, 0.1) is 0 Å². The quantitative estimate of drug-likeness (QED) is 0.663. The van der Waals surface area contributed by atoms with Crippen LogP contribution >= 0.6 is 0 Å². The van der Waals surface area contributed by atoms with Crippen molar-refractivity contribution in [3.8, 4) is 0 Å². The van der Waals surface area contributed by atoms with Crippen LogP contribution in [0.4, 0.5) is 13.2 Å². The molecule has 4 N–H and O–H groups in total. The first-order valence-corrected chi connectivity index (χ1v) is 7.72. The van der Waals surface area contributed by atoms with Crippen LogP contribution in [0.5, 0.6) is 0 Å². The Morgan fingerprint density at radius 2 is 1.63 bits per heavy atom. The van der Waals surface area contributed by atoms with Gasteiger partial charge in [-0.3, -0.25) is 0 Å². The summed E-state index contributed by atoms with van der Waals surface area (Å²) >= 11 is 0. The summed E-state index contributed by atoms with van der Waals surface area (Å²) in [7, 11) is -4.20. The van der Waals surface area contributed by atoms with Gasteiger partial charge in [0.1, 0.15) is 6.54 Å². The Labute approximate surface area is 111 Å². The summed E-state index contributed by atoms with van der Waals surface area (Å²) in [5, 5.41) is 0. The minimum Gasteiger partial charge on any atom is -0.329 e. The average molecular weight is 303 g/mol. The second-order valence-corrected chi connectivity index (χ2v) is 6.44. The lowest BCUT2D eigenvalue weighted by molar-refractivity contribution is -0.121. The van der Waals surface area contributed by atoms with Crippen molar-refractivity contribution in [2.75, 3.05) is 13.1 Å². The number of halogens is 3. The zero-order chi connectivity index (χ0) is 14.6.